The highest BCUT2D eigenvalue weighted by Crippen LogP contribution is 2.22. The van der Waals surface area contributed by atoms with E-state index in [9.17, 15) is 4.79 Å². The van der Waals surface area contributed by atoms with E-state index in [0.29, 0.717) is 18.1 Å². The molecule has 0 unspecified atom stereocenters. The number of carbonyl (C=O) groups excluding carboxylic acids is 1. The molecule has 1 aromatic carbocycles. The van der Waals surface area contributed by atoms with Crippen LogP contribution in [0.2, 0.25) is 0 Å². The minimum absolute atomic E-state index is 0.252. The fourth-order valence-corrected chi connectivity index (χ4v) is 2.34. The quantitative estimate of drug-likeness (QED) is 0.755. The molecule has 0 saturated carbocycles. The van der Waals surface area contributed by atoms with Gasteiger partial charge in [-0.2, -0.15) is 5.10 Å². The van der Waals surface area contributed by atoms with E-state index in [1.165, 1.54) is 0 Å². The number of anilines is 1. The Bertz CT molecular complexity index is 837. The molecule has 2 N–H and O–H groups in total. The summed E-state index contributed by atoms with van der Waals surface area (Å²) >= 11 is 0. The summed E-state index contributed by atoms with van der Waals surface area (Å²) < 4.78 is 7.29. The molecule has 0 radical (unpaired) electrons. The summed E-state index contributed by atoms with van der Waals surface area (Å²) in [5.74, 6) is 1.28. The zero-order valence-electron chi connectivity index (χ0n) is 13.6. The SMILES string of the molecule is Cc1cnc(-c2cccc(NC(=O)NCCc3ccnn3C)c2)o1. The molecule has 2 amide bonds. The van der Waals surface area contributed by atoms with Crippen LogP contribution in [0.15, 0.2) is 47.1 Å². The first kappa shape index (κ1) is 15.8. The minimum atomic E-state index is -0.252. The number of aryl methyl sites for hydroxylation is 2. The molecule has 2 heterocycles. The van der Waals surface area contributed by atoms with Gasteiger partial charge in [0, 0.05) is 43.2 Å². The molecule has 0 bridgehead atoms. The van der Waals surface area contributed by atoms with E-state index in [-0.39, 0.29) is 6.03 Å². The number of aromatic nitrogens is 3. The summed E-state index contributed by atoms with van der Waals surface area (Å²) in [7, 11) is 1.88. The monoisotopic (exact) mass is 325 g/mol. The Morgan fingerprint density at radius 1 is 1.33 bits per heavy atom. The second kappa shape index (κ2) is 6.99. The number of hydrogen-bond acceptors (Lipinski definition) is 4. The van der Waals surface area contributed by atoms with Crippen LogP contribution in [0, 0.1) is 6.92 Å². The molecule has 24 heavy (non-hydrogen) atoms. The van der Waals surface area contributed by atoms with Crippen molar-refractivity contribution in [3.63, 3.8) is 0 Å². The molecule has 0 spiro atoms. The van der Waals surface area contributed by atoms with Gasteiger partial charge < -0.3 is 15.1 Å². The molecular formula is C17H19N5O2. The van der Waals surface area contributed by atoms with Crippen molar-refractivity contribution in [2.75, 3.05) is 11.9 Å². The number of amides is 2. The third kappa shape index (κ3) is 3.81. The normalized spacial score (nSPS) is 10.6. The first-order chi connectivity index (χ1) is 11.6. The van der Waals surface area contributed by atoms with Crippen LogP contribution in [0.1, 0.15) is 11.5 Å². The molecule has 124 valence electrons. The van der Waals surface area contributed by atoms with Crippen LogP contribution in [-0.4, -0.2) is 27.3 Å². The maximum atomic E-state index is 12.0. The smallest absolute Gasteiger partial charge is 0.319 e. The van der Waals surface area contributed by atoms with E-state index in [1.54, 1.807) is 17.1 Å². The number of oxazole rings is 1. The van der Waals surface area contributed by atoms with Gasteiger partial charge in [-0.3, -0.25) is 4.68 Å². The summed E-state index contributed by atoms with van der Waals surface area (Å²) in [6.45, 7) is 2.37. The van der Waals surface area contributed by atoms with Gasteiger partial charge in [-0.15, -0.1) is 0 Å². The third-order valence-corrected chi connectivity index (χ3v) is 3.58. The average Bonchev–Trinajstić information content (AvgIpc) is 3.17. The second-order valence-electron chi connectivity index (χ2n) is 5.43. The van der Waals surface area contributed by atoms with Crippen molar-refractivity contribution in [1.82, 2.24) is 20.1 Å². The molecular weight excluding hydrogens is 306 g/mol. The van der Waals surface area contributed by atoms with Gasteiger partial charge in [-0.1, -0.05) is 6.07 Å². The van der Waals surface area contributed by atoms with Crippen LogP contribution in [0.25, 0.3) is 11.5 Å². The van der Waals surface area contributed by atoms with Crippen molar-refractivity contribution in [2.45, 2.75) is 13.3 Å². The van der Waals surface area contributed by atoms with Gasteiger partial charge in [0.2, 0.25) is 5.89 Å². The highest BCUT2D eigenvalue weighted by atomic mass is 16.4. The number of carbonyl (C=O) groups is 1. The number of nitrogens with one attached hydrogen (secondary N) is 2. The van der Waals surface area contributed by atoms with Crippen LogP contribution >= 0.6 is 0 Å². The number of benzene rings is 1. The minimum Gasteiger partial charge on any atom is -0.441 e. The largest absolute Gasteiger partial charge is 0.441 e. The van der Waals surface area contributed by atoms with E-state index in [4.69, 9.17) is 4.42 Å². The highest BCUT2D eigenvalue weighted by molar-refractivity contribution is 5.89. The summed E-state index contributed by atoms with van der Waals surface area (Å²) in [4.78, 5) is 16.2. The Balaban J connectivity index is 1.55. The van der Waals surface area contributed by atoms with E-state index < -0.39 is 0 Å². The lowest BCUT2D eigenvalue weighted by atomic mass is 10.2. The van der Waals surface area contributed by atoms with Gasteiger partial charge in [-0.05, 0) is 31.2 Å². The molecule has 7 nitrogen and oxygen atoms in total. The molecule has 0 atom stereocenters. The van der Waals surface area contributed by atoms with Crippen molar-refractivity contribution in [1.29, 1.82) is 0 Å². The molecule has 0 saturated heterocycles. The number of hydrogen-bond donors (Lipinski definition) is 2. The Morgan fingerprint density at radius 3 is 2.92 bits per heavy atom. The Labute approximate surface area is 139 Å². The Morgan fingerprint density at radius 2 is 2.21 bits per heavy atom. The first-order valence-electron chi connectivity index (χ1n) is 7.66. The zero-order chi connectivity index (χ0) is 16.9. The lowest BCUT2D eigenvalue weighted by Crippen LogP contribution is -2.30. The number of urea groups is 1. The summed E-state index contributed by atoms with van der Waals surface area (Å²) in [5.41, 5.74) is 2.56. The summed E-state index contributed by atoms with van der Waals surface area (Å²) in [6, 6.07) is 9.06. The van der Waals surface area contributed by atoms with Crippen LogP contribution in [0.3, 0.4) is 0 Å². The zero-order valence-corrected chi connectivity index (χ0v) is 13.6. The topological polar surface area (TPSA) is 85.0 Å². The van der Waals surface area contributed by atoms with Gasteiger partial charge in [0.1, 0.15) is 5.76 Å². The standard InChI is InChI=1S/C17H19N5O2/c1-12-11-19-16(24-12)13-4-3-5-14(10-13)21-17(23)18-8-6-15-7-9-20-22(15)2/h3-5,7,9-11H,6,8H2,1-2H3,(H2,18,21,23). The molecule has 2 aromatic heterocycles. The van der Waals surface area contributed by atoms with Crippen molar-refractivity contribution in [3.05, 3.63) is 54.2 Å². The lowest BCUT2D eigenvalue weighted by Gasteiger charge is -2.08. The van der Waals surface area contributed by atoms with E-state index >= 15 is 0 Å². The van der Waals surface area contributed by atoms with Gasteiger partial charge in [0.15, 0.2) is 0 Å². The third-order valence-electron chi connectivity index (χ3n) is 3.58. The van der Waals surface area contributed by atoms with Crippen molar-refractivity contribution >= 4 is 11.7 Å². The maximum Gasteiger partial charge on any atom is 0.319 e. The molecule has 0 aliphatic rings. The van der Waals surface area contributed by atoms with Crippen molar-refractivity contribution in [2.24, 2.45) is 7.05 Å². The van der Waals surface area contributed by atoms with Crippen LogP contribution in [0.4, 0.5) is 10.5 Å². The first-order valence-corrected chi connectivity index (χ1v) is 7.66. The molecule has 3 rings (SSSR count). The van der Waals surface area contributed by atoms with E-state index in [1.807, 2.05) is 44.3 Å². The average molecular weight is 325 g/mol. The fourth-order valence-electron chi connectivity index (χ4n) is 2.34. The van der Waals surface area contributed by atoms with E-state index in [2.05, 4.69) is 20.7 Å². The number of nitrogens with zero attached hydrogens (tertiary/aromatic N) is 3. The number of rotatable bonds is 5. The summed E-state index contributed by atoms with van der Waals surface area (Å²) in [6.07, 6.45) is 4.13. The van der Waals surface area contributed by atoms with Gasteiger partial charge in [0.25, 0.3) is 0 Å². The molecule has 0 aliphatic heterocycles. The van der Waals surface area contributed by atoms with Crippen LogP contribution < -0.4 is 10.6 Å². The van der Waals surface area contributed by atoms with Gasteiger partial charge in [0.05, 0.1) is 6.20 Å². The lowest BCUT2D eigenvalue weighted by molar-refractivity contribution is 0.252. The van der Waals surface area contributed by atoms with E-state index in [0.717, 1.165) is 23.4 Å². The molecule has 0 aliphatic carbocycles. The van der Waals surface area contributed by atoms with Crippen LogP contribution in [-0.2, 0) is 13.5 Å². The fraction of sp³-hybridized carbons (Fsp3) is 0.235. The van der Waals surface area contributed by atoms with Crippen molar-refractivity contribution < 1.29 is 9.21 Å². The van der Waals surface area contributed by atoms with Crippen LogP contribution in [0.5, 0.6) is 0 Å². The van der Waals surface area contributed by atoms with Gasteiger partial charge in [-0.25, -0.2) is 9.78 Å². The molecule has 7 heteroatoms. The summed E-state index contributed by atoms with van der Waals surface area (Å²) in [5, 5.41) is 9.74. The van der Waals surface area contributed by atoms with Crippen molar-refractivity contribution in [3.8, 4) is 11.5 Å². The highest BCUT2D eigenvalue weighted by Gasteiger charge is 2.07. The molecule has 0 fully saturated rings. The maximum absolute atomic E-state index is 12.0. The Kier molecular flexibility index (Phi) is 4.60. The van der Waals surface area contributed by atoms with Gasteiger partial charge >= 0.3 is 6.03 Å². The Hall–Kier alpha value is -3.09. The predicted octanol–water partition coefficient (Wildman–Crippen LogP) is 2.75. The second-order valence-corrected chi connectivity index (χ2v) is 5.43. The predicted molar refractivity (Wildman–Crippen MR) is 90.6 cm³/mol. The molecule has 3 aromatic rings.